The Hall–Kier alpha value is -2.83. The van der Waals surface area contributed by atoms with Gasteiger partial charge in [0.2, 0.25) is 0 Å². The lowest BCUT2D eigenvalue weighted by Gasteiger charge is -1.99. The van der Waals surface area contributed by atoms with Crippen LogP contribution in [0.4, 0.5) is 5.82 Å². The van der Waals surface area contributed by atoms with E-state index < -0.39 is 0 Å². The smallest absolute Gasteiger partial charge is 0.148 e. The van der Waals surface area contributed by atoms with Crippen LogP contribution in [-0.4, -0.2) is 11.2 Å². The van der Waals surface area contributed by atoms with Crippen LogP contribution in [0, 0.1) is 11.3 Å². The summed E-state index contributed by atoms with van der Waals surface area (Å²) in [6.07, 6.45) is 3.53. The molecule has 0 saturated heterocycles. The zero-order valence-corrected chi connectivity index (χ0v) is 12.4. The minimum atomic E-state index is 0.523. The highest BCUT2D eigenvalue weighted by molar-refractivity contribution is 6.30. The van der Waals surface area contributed by atoms with Gasteiger partial charge in [0.15, 0.2) is 0 Å². The summed E-state index contributed by atoms with van der Waals surface area (Å²) in [5.74, 6) is 0.552. The zero-order valence-electron chi connectivity index (χ0n) is 11.6. The fourth-order valence-corrected chi connectivity index (χ4v) is 2.29. The SMILES string of the molecule is N#Cc1c(-c2ccc(Cl)cc2)c[nH]c1/N=C/c1ccccc1. The van der Waals surface area contributed by atoms with Crippen LogP contribution < -0.4 is 0 Å². The third-order valence-corrected chi connectivity index (χ3v) is 3.52. The predicted molar refractivity (Wildman–Crippen MR) is 89.6 cm³/mol. The molecule has 106 valence electrons. The molecule has 0 unspecified atom stereocenters. The summed E-state index contributed by atoms with van der Waals surface area (Å²) in [7, 11) is 0. The highest BCUT2D eigenvalue weighted by Crippen LogP contribution is 2.30. The van der Waals surface area contributed by atoms with Gasteiger partial charge in [0.25, 0.3) is 0 Å². The van der Waals surface area contributed by atoms with Crippen molar-refractivity contribution in [1.29, 1.82) is 5.26 Å². The molecule has 4 heteroatoms. The summed E-state index contributed by atoms with van der Waals surface area (Å²) >= 11 is 5.90. The number of nitrogens with one attached hydrogen (secondary N) is 1. The Bertz CT molecular complexity index is 840. The van der Waals surface area contributed by atoms with Gasteiger partial charge >= 0.3 is 0 Å². The number of aliphatic imine (C=N–C) groups is 1. The molecule has 0 atom stereocenters. The zero-order chi connectivity index (χ0) is 15.4. The first-order chi connectivity index (χ1) is 10.8. The molecule has 0 fully saturated rings. The van der Waals surface area contributed by atoms with Crippen LogP contribution in [0.2, 0.25) is 5.02 Å². The van der Waals surface area contributed by atoms with Crippen molar-refractivity contribution in [3.05, 3.63) is 76.9 Å². The van der Waals surface area contributed by atoms with Crippen LogP contribution in [0.1, 0.15) is 11.1 Å². The van der Waals surface area contributed by atoms with Gasteiger partial charge in [0.1, 0.15) is 17.5 Å². The molecule has 3 aromatic rings. The van der Waals surface area contributed by atoms with Crippen LogP contribution in [0.25, 0.3) is 11.1 Å². The first kappa shape index (κ1) is 14.1. The van der Waals surface area contributed by atoms with Gasteiger partial charge in [-0.3, -0.25) is 0 Å². The lowest BCUT2D eigenvalue weighted by molar-refractivity contribution is 1.33. The number of rotatable bonds is 3. The number of hydrogen-bond acceptors (Lipinski definition) is 2. The number of aromatic nitrogens is 1. The van der Waals surface area contributed by atoms with Gasteiger partial charge in [-0.25, -0.2) is 4.99 Å². The van der Waals surface area contributed by atoms with Crippen molar-refractivity contribution in [2.45, 2.75) is 0 Å². The van der Waals surface area contributed by atoms with Crippen LogP contribution in [0.15, 0.2) is 65.8 Å². The lowest BCUT2D eigenvalue weighted by Crippen LogP contribution is -1.81. The average molecular weight is 306 g/mol. The second-order valence-corrected chi connectivity index (χ2v) is 5.15. The fraction of sp³-hybridized carbons (Fsp3) is 0. The van der Waals surface area contributed by atoms with Gasteiger partial charge in [-0.2, -0.15) is 5.26 Å². The predicted octanol–water partition coefficient (Wildman–Crippen LogP) is 4.96. The van der Waals surface area contributed by atoms with E-state index in [0.717, 1.165) is 16.7 Å². The van der Waals surface area contributed by atoms with Crippen molar-refractivity contribution in [3.63, 3.8) is 0 Å². The van der Waals surface area contributed by atoms with Gasteiger partial charge in [-0.15, -0.1) is 0 Å². The number of halogens is 1. The second kappa shape index (κ2) is 6.30. The highest BCUT2D eigenvalue weighted by atomic mass is 35.5. The minimum absolute atomic E-state index is 0.523. The van der Waals surface area contributed by atoms with E-state index >= 15 is 0 Å². The van der Waals surface area contributed by atoms with E-state index in [-0.39, 0.29) is 0 Å². The molecule has 0 amide bonds. The maximum Gasteiger partial charge on any atom is 0.148 e. The Kier molecular flexibility index (Phi) is 4.04. The molecule has 0 aliphatic carbocycles. The van der Waals surface area contributed by atoms with E-state index in [1.54, 1.807) is 24.5 Å². The first-order valence-electron chi connectivity index (χ1n) is 6.74. The Morgan fingerprint density at radius 2 is 1.77 bits per heavy atom. The molecule has 0 spiro atoms. The molecule has 0 radical (unpaired) electrons. The third-order valence-electron chi connectivity index (χ3n) is 3.27. The number of benzene rings is 2. The molecule has 0 aliphatic rings. The summed E-state index contributed by atoms with van der Waals surface area (Å²) in [5.41, 5.74) is 3.25. The normalized spacial score (nSPS) is 10.7. The molecular weight excluding hydrogens is 294 g/mol. The van der Waals surface area contributed by atoms with E-state index in [9.17, 15) is 5.26 Å². The maximum atomic E-state index is 9.43. The molecule has 1 heterocycles. The van der Waals surface area contributed by atoms with Crippen LogP contribution >= 0.6 is 11.6 Å². The second-order valence-electron chi connectivity index (χ2n) is 4.71. The van der Waals surface area contributed by atoms with Crippen molar-refractivity contribution in [2.75, 3.05) is 0 Å². The summed E-state index contributed by atoms with van der Waals surface area (Å²) in [6.45, 7) is 0. The summed E-state index contributed by atoms with van der Waals surface area (Å²) in [5, 5.41) is 10.1. The molecule has 0 saturated carbocycles. The Balaban J connectivity index is 1.96. The number of aromatic amines is 1. The molecule has 22 heavy (non-hydrogen) atoms. The minimum Gasteiger partial charge on any atom is -0.345 e. The van der Waals surface area contributed by atoms with E-state index in [0.29, 0.717) is 16.4 Å². The van der Waals surface area contributed by atoms with Gasteiger partial charge in [-0.1, -0.05) is 54.1 Å². The van der Waals surface area contributed by atoms with Crippen molar-refractivity contribution in [1.82, 2.24) is 4.98 Å². The molecule has 0 bridgehead atoms. The van der Waals surface area contributed by atoms with Crippen molar-refractivity contribution in [3.8, 4) is 17.2 Å². The van der Waals surface area contributed by atoms with Gasteiger partial charge in [0.05, 0.1) is 0 Å². The number of nitrogens with zero attached hydrogens (tertiary/aromatic N) is 2. The highest BCUT2D eigenvalue weighted by Gasteiger charge is 2.11. The first-order valence-corrected chi connectivity index (χ1v) is 7.12. The van der Waals surface area contributed by atoms with E-state index in [2.05, 4.69) is 16.0 Å². The average Bonchev–Trinajstić information content (AvgIpc) is 2.97. The van der Waals surface area contributed by atoms with Gasteiger partial charge < -0.3 is 4.98 Å². The molecule has 3 nitrogen and oxygen atoms in total. The maximum absolute atomic E-state index is 9.43. The molecule has 0 aliphatic heterocycles. The number of nitriles is 1. The van der Waals surface area contributed by atoms with E-state index in [4.69, 9.17) is 11.6 Å². The Morgan fingerprint density at radius 1 is 1.05 bits per heavy atom. The van der Waals surface area contributed by atoms with Crippen LogP contribution in [0.3, 0.4) is 0 Å². The number of H-pyrrole nitrogens is 1. The summed E-state index contributed by atoms with van der Waals surface area (Å²) in [4.78, 5) is 7.44. The van der Waals surface area contributed by atoms with Gasteiger partial charge in [0, 0.05) is 23.0 Å². The Labute approximate surface area is 133 Å². The summed E-state index contributed by atoms with van der Waals surface area (Å²) in [6, 6.07) is 19.3. The standard InChI is InChI=1S/C18H12ClN3/c19-15-8-6-14(7-9-15)17-12-22-18(16(17)10-20)21-11-13-4-2-1-3-5-13/h1-9,11-12,22H/b21-11+. The lowest BCUT2D eigenvalue weighted by atomic mass is 10.1. The van der Waals surface area contributed by atoms with E-state index in [1.807, 2.05) is 42.5 Å². The van der Waals surface area contributed by atoms with Crippen molar-refractivity contribution in [2.24, 2.45) is 4.99 Å². The van der Waals surface area contributed by atoms with Crippen LogP contribution in [0.5, 0.6) is 0 Å². The fourth-order valence-electron chi connectivity index (χ4n) is 2.16. The largest absolute Gasteiger partial charge is 0.345 e. The molecule has 1 N–H and O–H groups in total. The quantitative estimate of drug-likeness (QED) is 0.683. The third kappa shape index (κ3) is 2.93. The van der Waals surface area contributed by atoms with E-state index in [1.165, 1.54) is 0 Å². The molecule has 1 aromatic heterocycles. The number of hydrogen-bond donors (Lipinski definition) is 1. The topological polar surface area (TPSA) is 51.9 Å². The Morgan fingerprint density at radius 3 is 2.45 bits per heavy atom. The van der Waals surface area contributed by atoms with Crippen LogP contribution in [-0.2, 0) is 0 Å². The summed E-state index contributed by atoms with van der Waals surface area (Å²) < 4.78 is 0. The van der Waals surface area contributed by atoms with Crippen molar-refractivity contribution >= 4 is 23.6 Å². The van der Waals surface area contributed by atoms with Gasteiger partial charge in [-0.05, 0) is 23.3 Å². The monoisotopic (exact) mass is 305 g/mol. The molecule has 2 aromatic carbocycles. The van der Waals surface area contributed by atoms with Crippen molar-refractivity contribution < 1.29 is 0 Å². The molecular formula is C18H12ClN3. The molecule has 3 rings (SSSR count).